The molecule has 6 nitrogen and oxygen atoms in total. The van der Waals surface area contributed by atoms with E-state index >= 15 is 0 Å². The highest BCUT2D eigenvalue weighted by Gasteiger charge is 2.30. The molecule has 0 bridgehead atoms. The van der Waals surface area contributed by atoms with Crippen LogP contribution in [0, 0.1) is 0 Å². The Morgan fingerprint density at radius 3 is 2.52 bits per heavy atom. The number of hydrogen-bond donors (Lipinski definition) is 0. The van der Waals surface area contributed by atoms with E-state index in [1.165, 1.54) is 0 Å². The van der Waals surface area contributed by atoms with E-state index in [9.17, 15) is 9.59 Å². The minimum Gasteiger partial charge on any atom is -0.353 e. The van der Waals surface area contributed by atoms with Gasteiger partial charge in [-0.05, 0) is 36.2 Å². The zero-order valence-corrected chi connectivity index (χ0v) is 15.6. The molecule has 0 aliphatic carbocycles. The molecule has 2 aliphatic heterocycles. The fraction of sp³-hybridized carbons (Fsp3) is 0.381. The minimum absolute atomic E-state index is 0.0679. The maximum atomic E-state index is 13.1. The Kier molecular flexibility index (Phi) is 4.79. The van der Waals surface area contributed by atoms with Crippen LogP contribution < -0.4 is 9.80 Å². The van der Waals surface area contributed by atoms with Gasteiger partial charge in [0, 0.05) is 56.6 Å². The van der Waals surface area contributed by atoms with Crippen molar-refractivity contribution in [3.05, 3.63) is 53.7 Å². The second-order valence-corrected chi connectivity index (χ2v) is 6.92. The lowest BCUT2D eigenvalue weighted by atomic mass is 10.0. The number of hydrogen-bond acceptors (Lipinski definition) is 4. The van der Waals surface area contributed by atoms with E-state index in [-0.39, 0.29) is 11.8 Å². The number of nitrogens with zero attached hydrogens (tertiary/aromatic N) is 4. The summed E-state index contributed by atoms with van der Waals surface area (Å²) in [5.41, 5.74) is 2.65. The third-order valence-electron chi connectivity index (χ3n) is 5.40. The highest BCUT2D eigenvalue weighted by molar-refractivity contribution is 6.01. The number of fused-ring (bicyclic) bond motifs is 1. The van der Waals surface area contributed by atoms with Crippen LogP contribution in [0.15, 0.2) is 42.6 Å². The third kappa shape index (κ3) is 3.27. The van der Waals surface area contributed by atoms with E-state index in [4.69, 9.17) is 0 Å². The summed E-state index contributed by atoms with van der Waals surface area (Å²) in [6.07, 6.45) is 3.02. The number of carbonyl (C=O) groups excluding carboxylic acids is 2. The van der Waals surface area contributed by atoms with Gasteiger partial charge < -0.3 is 14.7 Å². The van der Waals surface area contributed by atoms with E-state index in [1.54, 1.807) is 6.20 Å². The summed E-state index contributed by atoms with van der Waals surface area (Å²) >= 11 is 0. The first-order valence-electron chi connectivity index (χ1n) is 9.56. The maximum absolute atomic E-state index is 13.1. The van der Waals surface area contributed by atoms with Crippen molar-refractivity contribution in [2.75, 3.05) is 42.5 Å². The van der Waals surface area contributed by atoms with Crippen LogP contribution in [0.4, 0.5) is 11.5 Å². The molecule has 140 valence electrons. The molecule has 1 aromatic heterocycles. The Labute approximate surface area is 159 Å². The van der Waals surface area contributed by atoms with Crippen molar-refractivity contribution in [2.45, 2.75) is 19.8 Å². The van der Waals surface area contributed by atoms with Crippen molar-refractivity contribution in [3.8, 4) is 0 Å². The summed E-state index contributed by atoms with van der Waals surface area (Å²) in [5, 5.41) is 0. The number of anilines is 2. The van der Waals surface area contributed by atoms with Crippen LogP contribution >= 0.6 is 0 Å². The van der Waals surface area contributed by atoms with Crippen LogP contribution in [0.5, 0.6) is 0 Å². The Morgan fingerprint density at radius 1 is 1.00 bits per heavy atom. The lowest BCUT2D eigenvalue weighted by molar-refractivity contribution is -0.118. The fourth-order valence-electron chi connectivity index (χ4n) is 3.93. The van der Waals surface area contributed by atoms with E-state index in [0.29, 0.717) is 26.1 Å². The highest BCUT2D eigenvalue weighted by Crippen LogP contribution is 2.32. The van der Waals surface area contributed by atoms with E-state index in [1.807, 2.05) is 53.1 Å². The Balaban J connectivity index is 1.49. The second kappa shape index (κ2) is 7.39. The average molecular weight is 364 g/mol. The first-order chi connectivity index (χ1) is 13.2. The molecule has 1 saturated heterocycles. The van der Waals surface area contributed by atoms with Gasteiger partial charge in [-0.2, -0.15) is 0 Å². The fourth-order valence-corrected chi connectivity index (χ4v) is 3.93. The normalized spacial score (nSPS) is 16.4. The molecular weight excluding hydrogens is 340 g/mol. The van der Waals surface area contributed by atoms with Gasteiger partial charge in [0.25, 0.3) is 5.91 Å². The predicted molar refractivity (Wildman–Crippen MR) is 105 cm³/mol. The van der Waals surface area contributed by atoms with Crippen molar-refractivity contribution in [3.63, 3.8) is 0 Å². The molecule has 0 radical (unpaired) electrons. The quantitative estimate of drug-likeness (QED) is 0.839. The predicted octanol–water partition coefficient (Wildman–Crippen LogP) is 2.34. The van der Waals surface area contributed by atoms with Crippen LogP contribution in [0.2, 0.25) is 0 Å². The number of benzene rings is 1. The van der Waals surface area contributed by atoms with E-state index in [0.717, 1.165) is 42.1 Å². The molecule has 4 rings (SSSR count). The van der Waals surface area contributed by atoms with Gasteiger partial charge in [0.15, 0.2) is 0 Å². The monoisotopic (exact) mass is 364 g/mol. The van der Waals surface area contributed by atoms with Crippen molar-refractivity contribution < 1.29 is 9.59 Å². The molecule has 2 aromatic rings. The SMILES string of the molecule is CCC(=O)N1CCc2c(C(=O)N3CCN(c4ccccn4)CC3)cccc21. The molecule has 0 atom stereocenters. The lowest BCUT2D eigenvalue weighted by Gasteiger charge is -2.35. The van der Waals surface area contributed by atoms with Crippen molar-refractivity contribution in [1.82, 2.24) is 9.88 Å². The summed E-state index contributed by atoms with van der Waals surface area (Å²) in [4.78, 5) is 35.6. The standard InChI is InChI=1S/C21H24N4O2/c1-2-20(26)25-11-9-16-17(6-5-7-18(16)25)21(27)24-14-12-23(13-15-24)19-8-3-4-10-22-19/h3-8,10H,2,9,11-15H2,1H3. The van der Waals surface area contributed by atoms with Gasteiger partial charge >= 0.3 is 0 Å². The molecule has 27 heavy (non-hydrogen) atoms. The van der Waals surface area contributed by atoms with Crippen LogP contribution in [0.3, 0.4) is 0 Å². The molecule has 1 aromatic carbocycles. The molecule has 0 saturated carbocycles. The Bertz CT molecular complexity index is 845. The van der Waals surface area contributed by atoms with E-state index < -0.39 is 0 Å². The molecule has 2 amide bonds. The van der Waals surface area contributed by atoms with Crippen LogP contribution in [-0.2, 0) is 11.2 Å². The maximum Gasteiger partial charge on any atom is 0.254 e. The number of pyridine rings is 1. The zero-order chi connectivity index (χ0) is 18.8. The highest BCUT2D eigenvalue weighted by atomic mass is 16.2. The van der Waals surface area contributed by atoms with E-state index in [2.05, 4.69) is 9.88 Å². The zero-order valence-electron chi connectivity index (χ0n) is 15.6. The smallest absolute Gasteiger partial charge is 0.254 e. The molecule has 0 spiro atoms. The van der Waals surface area contributed by atoms with Gasteiger partial charge in [0.1, 0.15) is 5.82 Å². The van der Waals surface area contributed by atoms with Gasteiger partial charge in [-0.3, -0.25) is 9.59 Å². The molecular formula is C21H24N4O2. The van der Waals surface area contributed by atoms with Gasteiger partial charge in [0.2, 0.25) is 5.91 Å². The minimum atomic E-state index is 0.0679. The topological polar surface area (TPSA) is 56.8 Å². The second-order valence-electron chi connectivity index (χ2n) is 6.92. The van der Waals surface area contributed by atoms with Gasteiger partial charge in [-0.1, -0.05) is 19.1 Å². The summed E-state index contributed by atoms with van der Waals surface area (Å²) in [6.45, 7) is 5.44. The Morgan fingerprint density at radius 2 is 1.81 bits per heavy atom. The van der Waals surface area contributed by atoms with Gasteiger partial charge in [-0.15, -0.1) is 0 Å². The number of aromatic nitrogens is 1. The molecule has 3 heterocycles. The third-order valence-corrected chi connectivity index (χ3v) is 5.40. The number of amides is 2. The number of piperazine rings is 1. The van der Waals surface area contributed by atoms with Gasteiger partial charge in [0.05, 0.1) is 0 Å². The molecule has 1 fully saturated rings. The first kappa shape index (κ1) is 17.5. The summed E-state index contributed by atoms with van der Waals surface area (Å²) in [6, 6.07) is 11.6. The largest absolute Gasteiger partial charge is 0.353 e. The summed E-state index contributed by atoms with van der Waals surface area (Å²) < 4.78 is 0. The summed E-state index contributed by atoms with van der Waals surface area (Å²) in [5.74, 6) is 1.14. The summed E-state index contributed by atoms with van der Waals surface area (Å²) in [7, 11) is 0. The number of rotatable bonds is 3. The average Bonchev–Trinajstić information content (AvgIpc) is 3.18. The lowest BCUT2D eigenvalue weighted by Crippen LogP contribution is -2.49. The van der Waals surface area contributed by atoms with Gasteiger partial charge in [-0.25, -0.2) is 4.98 Å². The number of carbonyl (C=O) groups is 2. The molecule has 2 aliphatic rings. The molecule has 6 heteroatoms. The van der Waals surface area contributed by atoms with Crippen LogP contribution in [-0.4, -0.2) is 54.4 Å². The Hall–Kier alpha value is -2.89. The van der Waals surface area contributed by atoms with Crippen LogP contribution in [0.1, 0.15) is 29.3 Å². The van der Waals surface area contributed by atoms with Crippen molar-refractivity contribution in [2.24, 2.45) is 0 Å². The molecule has 0 unspecified atom stereocenters. The van der Waals surface area contributed by atoms with Crippen molar-refractivity contribution in [1.29, 1.82) is 0 Å². The van der Waals surface area contributed by atoms with Crippen molar-refractivity contribution >= 4 is 23.3 Å². The molecule has 0 N–H and O–H groups in total. The van der Waals surface area contributed by atoms with Crippen LogP contribution in [0.25, 0.3) is 0 Å². The first-order valence-corrected chi connectivity index (χ1v) is 9.56.